The van der Waals surface area contributed by atoms with Crippen LogP contribution in [0.2, 0.25) is 0 Å². The SMILES string of the molecule is COB(OC)c1ccc(C[C@@H](NC(=O)Cc2cccc([N+](=O)[O-])c2)C(=O)OC)cc1. The third-order valence-electron chi connectivity index (χ3n) is 4.43. The summed E-state index contributed by atoms with van der Waals surface area (Å²) in [7, 11) is 3.82. The Bertz CT molecular complexity index is 885. The van der Waals surface area contributed by atoms with Gasteiger partial charge in [0.15, 0.2) is 0 Å². The van der Waals surface area contributed by atoms with E-state index < -0.39 is 30.0 Å². The van der Waals surface area contributed by atoms with Gasteiger partial charge in [0.05, 0.1) is 18.5 Å². The van der Waals surface area contributed by atoms with Gasteiger partial charge in [0.25, 0.3) is 5.69 Å². The zero-order chi connectivity index (χ0) is 22.1. The molecule has 158 valence electrons. The number of non-ortho nitro benzene ring substituents is 1. The lowest BCUT2D eigenvalue weighted by Crippen LogP contribution is -2.43. The molecule has 0 aliphatic carbocycles. The number of nitro benzene ring substituents is 1. The molecule has 2 rings (SSSR count). The monoisotopic (exact) mass is 414 g/mol. The minimum absolute atomic E-state index is 0.0997. The molecule has 0 heterocycles. The van der Waals surface area contributed by atoms with Gasteiger partial charge in [-0.05, 0) is 16.6 Å². The highest BCUT2D eigenvalue weighted by Gasteiger charge is 2.23. The van der Waals surface area contributed by atoms with Crippen LogP contribution in [0.4, 0.5) is 5.69 Å². The van der Waals surface area contributed by atoms with Crippen LogP contribution in [-0.2, 0) is 36.5 Å². The number of rotatable bonds is 10. The Morgan fingerprint density at radius 1 is 1.07 bits per heavy atom. The lowest BCUT2D eigenvalue weighted by Gasteiger charge is -2.17. The van der Waals surface area contributed by atoms with Gasteiger partial charge in [0.1, 0.15) is 6.04 Å². The second kappa shape index (κ2) is 11.1. The first-order valence-electron chi connectivity index (χ1n) is 9.12. The van der Waals surface area contributed by atoms with Gasteiger partial charge in [-0.2, -0.15) is 0 Å². The predicted octanol–water partition coefficient (Wildman–Crippen LogP) is 1.03. The average molecular weight is 414 g/mol. The number of hydrogen-bond acceptors (Lipinski definition) is 7. The fourth-order valence-corrected chi connectivity index (χ4v) is 2.96. The van der Waals surface area contributed by atoms with Gasteiger partial charge in [0, 0.05) is 32.8 Å². The van der Waals surface area contributed by atoms with Crippen LogP contribution in [0.15, 0.2) is 48.5 Å². The van der Waals surface area contributed by atoms with E-state index in [1.54, 1.807) is 6.07 Å². The fraction of sp³-hybridized carbons (Fsp3) is 0.300. The van der Waals surface area contributed by atoms with E-state index in [0.29, 0.717) is 5.56 Å². The van der Waals surface area contributed by atoms with Crippen molar-refractivity contribution in [3.8, 4) is 0 Å². The van der Waals surface area contributed by atoms with E-state index in [0.717, 1.165) is 11.0 Å². The van der Waals surface area contributed by atoms with E-state index in [4.69, 9.17) is 14.0 Å². The third-order valence-corrected chi connectivity index (χ3v) is 4.43. The maximum Gasteiger partial charge on any atom is 0.493 e. The smallest absolute Gasteiger partial charge is 0.467 e. The van der Waals surface area contributed by atoms with Crippen molar-refractivity contribution >= 4 is 30.1 Å². The number of esters is 1. The third kappa shape index (κ3) is 6.40. The molecule has 9 nitrogen and oxygen atoms in total. The summed E-state index contributed by atoms with van der Waals surface area (Å²) in [6.45, 7) is 0. The number of carbonyl (C=O) groups is 2. The zero-order valence-corrected chi connectivity index (χ0v) is 17.0. The number of ether oxygens (including phenoxy) is 1. The van der Waals surface area contributed by atoms with Gasteiger partial charge in [0.2, 0.25) is 5.91 Å². The Morgan fingerprint density at radius 2 is 1.73 bits per heavy atom. The van der Waals surface area contributed by atoms with Crippen LogP contribution >= 0.6 is 0 Å². The van der Waals surface area contributed by atoms with E-state index in [1.807, 2.05) is 24.3 Å². The number of carbonyl (C=O) groups excluding carboxylic acids is 2. The van der Waals surface area contributed by atoms with Crippen LogP contribution in [0.3, 0.4) is 0 Å². The Balaban J connectivity index is 2.07. The second-order valence-electron chi connectivity index (χ2n) is 6.50. The van der Waals surface area contributed by atoms with Crippen LogP contribution < -0.4 is 10.8 Å². The van der Waals surface area contributed by atoms with Crippen molar-refractivity contribution in [3.63, 3.8) is 0 Å². The van der Waals surface area contributed by atoms with Crippen molar-refractivity contribution < 1.29 is 28.6 Å². The standard InChI is InChI=1S/C20H23BN2O7/c1-28-20(25)18(12-14-7-9-16(10-8-14)21(29-2)30-3)22-19(24)13-15-5-4-6-17(11-15)23(26)27/h4-11,18H,12-13H2,1-3H3,(H,22,24)/t18-/m1/s1. The number of nitrogens with one attached hydrogen (secondary N) is 1. The summed E-state index contributed by atoms with van der Waals surface area (Å²) in [5, 5.41) is 13.5. The molecule has 0 saturated carbocycles. The second-order valence-corrected chi connectivity index (χ2v) is 6.50. The molecule has 0 aliphatic heterocycles. The van der Waals surface area contributed by atoms with Crippen LogP contribution in [-0.4, -0.2) is 51.3 Å². The van der Waals surface area contributed by atoms with E-state index in [1.165, 1.54) is 39.5 Å². The normalized spacial score (nSPS) is 11.4. The summed E-state index contributed by atoms with van der Waals surface area (Å²) in [5.41, 5.74) is 1.99. The molecule has 1 N–H and O–H groups in total. The molecule has 1 amide bonds. The first kappa shape index (κ1) is 23.0. The van der Waals surface area contributed by atoms with E-state index in [-0.39, 0.29) is 18.5 Å². The highest BCUT2D eigenvalue weighted by molar-refractivity contribution is 6.61. The minimum atomic E-state index is -0.896. The molecule has 30 heavy (non-hydrogen) atoms. The maximum absolute atomic E-state index is 12.4. The molecule has 0 unspecified atom stereocenters. The summed E-state index contributed by atoms with van der Waals surface area (Å²) in [5.74, 6) is -1.03. The summed E-state index contributed by atoms with van der Waals surface area (Å²) in [4.78, 5) is 34.9. The van der Waals surface area contributed by atoms with Gasteiger partial charge in [-0.15, -0.1) is 0 Å². The van der Waals surface area contributed by atoms with Crippen molar-refractivity contribution in [2.24, 2.45) is 0 Å². The molecular formula is C20H23BN2O7. The summed E-state index contributed by atoms with van der Waals surface area (Å²) in [6, 6.07) is 12.1. The van der Waals surface area contributed by atoms with Crippen molar-refractivity contribution in [1.29, 1.82) is 0 Å². The minimum Gasteiger partial charge on any atom is -0.467 e. The van der Waals surface area contributed by atoms with E-state index in [2.05, 4.69) is 5.32 Å². The summed E-state index contributed by atoms with van der Waals surface area (Å²) in [6.07, 6.45) is 0.121. The Labute approximate surface area is 174 Å². The number of nitrogens with zero attached hydrogens (tertiary/aromatic N) is 1. The van der Waals surface area contributed by atoms with Crippen LogP contribution in [0, 0.1) is 10.1 Å². The molecule has 0 fully saturated rings. The van der Waals surface area contributed by atoms with Crippen molar-refractivity contribution in [2.75, 3.05) is 21.3 Å². The van der Waals surface area contributed by atoms with E-state index >= 15 is 0 Å². The van der Waals surface area contributed by atoms with Crippen molar-refractivity contribution in [3.05, 3.63) is 69.8 Å². The molecule has 0 radical (unpaired) electrons. The summed E-state index contributed by atoms with van der Waals surface area (Å²) < 4.78 is 15.2. The van der Waals surface area contributed by atoms with Gasteiger partial charge in [-0.25, -0.2) is 4.79 Å². The Kier molecular flexibility index (Phi) is 8.51. The molecule has 0 spiro atoms. The number of amides is 1. The first-order valence-corrected chi connectivity index (χ1v) is 9.12. The van der Waals surface area contributed by atoms with Gasteiger partial charge in [-0.3, -0.25) is 14.9 Å². The van der Waals surface area contributed by atoms with Crippen molar-refractivity contribution in [1.82, 2.24) is 5.32 Å². The Hall–Kier alpha value is -3.24. The molecule has 0 aromatic heterocycles. The molecule has 2 aromatic carbocycles. The number of methoxy groups -OCH3 is 1. The topological polar surface area (TPSA) is 117 Å². The maximum atomic E-state index is 12.4. The van der Waals surface area contributed by atoms with Gasteiger partial charge < -0.3 is 19.4 Å². The number of nitro groups is 1. The fourth-order valence-electron chi connectivity index (χ4n) is 2.96. The lowest BCUT2D eigenvalue weighted by molar-refractivity contribution is -0.384. The largest absolute Gasteiger partial charge is 0.493 e. The summed E-state index contributed by atoms with van der Waals surface area (Å²) >= 11 is 0. The molecule has 2 aromatic rings. The molecule has 1 atom stereocenters. The molecule has 0 aliphatic rings. The van der Waals surface area contributed by atoms with Crippen LogP contribution in [0.25, 0.3) is 0 Å². The highest BCUT2D eigenvalue weighted by Crippen LogP contribution is 2.14. The lowest BCUT2D eigenvalue weighted by atomic mass is 9.78. The zero-order valence-electron chi connectivity index (χ0n) is 17.0. The van der Waals surface area contributed by atoms with Crippen molar-refractivity contribution in [2.45, 2.75) is 18.9 Å². The Morgan fingerprint density at radius 3 is 2.30 bits per heavy atom. The highest BCUT2D eigenvalue weighted by atomic mass is 16.6. The average Bonchev–Trinajstić information content (AvgIpc) is 2.74. The molecule has 10 heteroatoms. The number of hydrogen-bond donors (Lipinski definition) is 1. The van der Waals surface area contributed by atoms with E-state index in [9.17, 15) is 19.7 Å². The quantitative estimate of drug-likeness (QED) is 0.267. The number of benzene rings is 2. The van der Waals surface area contributed by atoms with Crippen LogP contribution in [0.5, 0.6) is 0 Å². The predicted molar refractivity (Wildman–Crippen MR) is 110 cm³/mol. The van der Waals surface area contributed by atoms with Gasteiger partial charge in [-0.1, -0.05) is 36.4 Å². The van der Waals surface area contributed by atoms with Gasteiger partial charge >= 0.3 is 13.1 Å². The van der Waals surface area contributed by atoms with Crippen LogP contribution in [0.1, 0.15) is 11.1 Å². The molecule has 0 bridgehead atoms. The first-order chi connectivity index (χ1) is 14.4. The molecule has 0 saturated heterocycles. The molecular weight excluding hydrogens is 391 g/mol.